The number of rotatable bonds is 11. The van der Waals surface area contributed by atoms with E-state index in [9.17, 15) is 22.8 Å². The molecule has 0 aliphatic carbocycles. The summed E-state index contributed by atoms with van der Waals surface area (Å²) in [6.07, 6.45) is 1.27. The quantitative estimate of drug-likeness (QED) is 0.488. The molecule has 0 aromatic heterocycles. The van der Waals surface area contributed by atoms with Crippen LogP contribution in [-0.2, 0) is 26.2 Å². The molecule has 10 heteroatoms. The van der Waals surface area contributed by atoms with Crippen LogP contribution in [0.4, 0.5) is 0 Å². The van der Waals surface area contributed by atoms with Crippen molar-refractivity contribution in [3.05, 3.63) is 64.7 Å². The van der Waals surface area contributed by atoms with Crippen molar-refractivity contribution in [3.8, 4) is 0 Å². The van der Waals surface area contributed by atoms with Crippen LogP contribution in [0.2, 0.25) is 5.02 Å². The molecule has 0 fully saturated rings. The van der Waals surface area contributed by atoms with Crippen molar-refractivity contribution in [1.29, 1.82) is 0 Å². The summed E-state index contributed by atoms with van der Waals surface area (Å²) in [4.78, 5) is 40.2. The van der Waals surface area contributed by atoms with E-state index in [0.717, 1.165) is 10.7 Å². The van der Waals surface area contributed by atoms with Crippen molar-refractivity contribution in [3.63, 3.8) is 0 Å². The smallest absolute Gasteiger partial charge is 0.269 e. The van der Waals surface area contributed by atoms with Crippen LogP contribution in [0, 0.1) is 0 Å². The molecule has 3 amide bonds. The van der Waals surface area contributed by atoms with E-state index in [-0.39, 0.29) is 48.2 Å². The highest BCUT2D eigenvalue weighted by atomic mass is 35.5. The van der Waals surface area contributed by atoms with Crippen LogP contribution in [0.1, 0.15) is 55.5 Å². The average Bonchev–Trinajstić information content (AvgIpc) is 3.04. The Morgan fingerprint density at radius 3 is 2.43 bits per heavy atom. The van der Waals surface area contributed by atoms with Gasteiger partial charge in [0.2, 0.25) is 11.8 Å². The first kappa shape index (κ1) is 26.7. The Bertz CT molecular complexity index is 1200. The Morgan fingerprint density at radius 1 is 1.09 bits per heavy atom. The number of carbonyl (C=O) groups excluding carboxylic acids is 3. The van der Waals surface area contributed by atoms with Crippen molar-refractivity contribution < 1.29 is 22.8 Å². The fraction of sp³-hybridized carbons (Fsp3) is 0.400. The van der Waals surface area contributed by atoms with Crippen LogP contribution in [-0.4, -0.2) is 54.5 Å². The number of carbonyl (C=O) groups is 3. The fourth-order valence-electron chi connectivity index (χ4n) is 4.07. The molecule has 2 aromatic carbocycles. The minimum absolute atomic E-state index is 0.0182. The van der Waals surface area contributed by atoms with Crippen LogP contribution in [0.3, 0.4) is 0 Å². The second-order valence-corrected chi connectivity index (χ2v) is 10.5. The van der Waals surface area contributed by atoms with E-state index < -0.39 is 22.0 Å². The Hall–Kier alpha value is -2.91. The maximum Gasteiger partial charge on any atom is 0.269 e. The van der Waals surface area contributed by atoms with E-state index in [1.165, 1.54) is 17.0 Å². The molecule has 3 rings (SSSR count). The van der Waals surface area contributed by atoms with Gasteiger partial charge in [-0.25, -0.2) is 12.7 Å². The number of hydrogen-bond donors (Lipinski definition) is 1. The van der Waals surface area contributed by atoms with Gasteiger partial charge in [-0.2, -0.15) is 0 Å². The van der Waals surface area contributed by atoms with Crippen LogP contribution in [0.5, 0.6) is 0 Å². The van der Waals surface area contributed by atoms with E-state index in [1.807, 2.05) is 19.9 Å². The largest absolute Gasteiger partial charge is 0.354 e. The molecule has 0 bridgehead atoms. The van der Waals surface area contributed by atoms with Gasteiger partial charge in [0.05, 0.1) is 5.56 Å². The van der Waals surface area contributed by atoms with Gasteiger partial charge in [0, 0.05) is 31.1 Å². The highest BCUT2D eigenvalue weighted by Crippen LogP contribution is 2.30. The molecule has 0 saturated heterocycles. The molecule has 0 spiro atoms. The number of benzene rings is 2. The van der Waals surface area contributed by atoms with E-state index in [1.54, 1.807) is 30.3 Å². The van der Waals surface area contributed by atoms with Crippen LogP contribution in [0.25, 0.3) is 0 Å². The zero-order valence-corrected chi connectivity index (χ0v) is 21.4. The lowest BCUT2D eigenvalue weighted by Gasteiger charge is -2.31. The van der Waals surface area contributed by atoms with Gasteiger partial charge < -0.3 is 10.2 Å². The van der Waals surface area contributed by atoms with Crippen LogP contribution >= 0.6 is 11.6 Å². The van der Waals surface area contributed by atoms with E-state index in [4.69, 9.17) is 11.6 Å². The summed E-state index contributed by atoms with van der Waals surface area (Å²) in [5, 5.41) is 3.34. The molecule has 1 aliphatic heterocycles. The average molecular weight is 520 g/mol. The first-order chi connectivity index (χ1) is 16.7. The number of fused-ring (bicyclic) bond motifs is 1. The van der Waals surface area contributed by atoms with Crippen molar-refractivity contribution in [2.75, 3.05) is 13.1 Å². The Balaban J connectivity index is 1.74. The molecule has 8 nitrogen and oxygen atoms in total. The van der Waals surface area contributed by atoms with Gasteiger partial charge >= 0.3 is 0 Å². The molecule has 1 aliphatic rings. The lowest BCUT2D eigenvalue weighted by atomic mass is 10.1. The lowest BCUT2D eigenvalue weighted by molar-refractivity contribution is -0.141. The molecule has 1 N–H and O–H groups in total. The molecule has 2 aromatic rings. The Kier molecular flexibility index (Phi) is 8.91. The lowest BCUT2D eigenvalue weighted by Crippen LogP contribution is -2.49. The molecule has 0 radical (unpaired) electrons. The van der Waals surface area contributed by atoms with Gasteiger partial charge in [-0.1, -0.05) is 55.8 Å². The predicted molar refractivity (Wildman–Crippen MR) is 133 cm³/mol. The molecular formula is C25H30ClN3O5S. The van der Waals surface area contributed by atoms with E-state index >= 15 is 0 Å². The summed E-state index contributed by atoms with van der Waals surface area (Å²) >= 11 is 6.32. The first-order valence-corrected chi connectivity index (χ1v) is 13.5. The molecule has 35 heavy (non-hydrogen) atoms. The summed E-state index contributed by atoms with van der Waals surface area (Å²) < 4.78 is 26.4. The summed E-state index contributed by atoms with van der Waals surface area (Å²) in [5.41, 5.74) is 0.842. The van der Waals surface area contributed by atoms with Gasteiger partial charge in [-0.05, 0) is 43.0 Å². The summed E-state index contributed by atoms with van der Waals surface area (Å²) in [6, 6.07) is 12.5. The molecular weight excluding hydrogens is 490 g/mol. The monoisotopic (exact) mass is 519 g/mol. The summed E-state index contributed by atoms with van der Waals surface area (Å²) in [5.74, 6) is -1.15. The maximum absolute atomic E-state index is 13.3. The zero-order chi connectivity index (χ0) is 25.6. The third-order valence-corrected chi connectivity index (χ3v) is 8.11. The molecule has 1 atom stereocenters. The second-order valence-electron chi connectivity index (χ2n) is 8.31. The highest BCUT2D eigenvalue weighted by Gasteiger charge is 2.40. The standard InChI is InChI=1S/C25H30ClN3O5S/c1-3-15-27-24(31)21(4-2)28(17-18-10-5-7-12-20(18)26)23(30)14-9-16-29-25(32)19-11-6-8-13-22(19)35(29,33)34/h5-8,10-13,21H,3-4,9,14-17H2,1-2H3,(H,27,31)/t21-/m0/s1. The number of nitrogens with one attached hydrogen (secondary N) is 1. The number of amides is 3. The van der Waals surface area contributed by atoms with E-state index in [2.05, 4.69) is 5.32 Å². The Labute approximate surface area is 211 Å². The highest BCUT2D eigenvalue weighted by molar-refractivity contribution is 7.90. The van der Waals surface area contributed by atoms with Gasteiger partial charge in [0.25, 0.3) is 15.9 Å². The molecule has 0 saturated carbocycles. The van der Waals surface area contributed by atoms with E-state index in [0.29, 0.717) is 23.6 Å². The van der Waals surface area contributed by atoms with Crippen LogP contribution < -0.4 is 5.32 Å². The minimum atomic E-state index is -3.94. The molecule has 1 heterocycles. The number of nitrogens with zero attached hydrogens (tertiary/aromatic N) is 2. The van der Waals surface area contributed by atoms with Gasteiger partial charge in [-0.3, -0.25) is 14.4 Å². The fourth-order valence-corrected chi connectivity index (χ4v) is 5.87. The third kappa shape index (κ3) is 5.85. The summed E-state index contributed by atoms with van der Waals surface area (Å²) in [7, 11) is -3.94. The van der Waals surface area contributed by atoms with Crippen molar-refractivity contribution in [1.82, 2.24) is 14.5 Å². The number of sulfonamides is 1. The normalized spacial score (nSPS) is 14.9. The van der Waals surface area contributed by atoms with Crippen molar-refractivity contribution in [2.45, 2.75) is 57.0 Å². The minimum Gasteiger partial charge on any atom is -0.354 e. The van der Waals surface area contributed by atoms with Crippen molar-refractivity contribution in [2.24, 2.45) is 0 Å². The Morgan fingerprint density at radius 2 is 1.77 bits per heavy atom. The third-order valence-electron chi connectivity index (χ3n) is 5.90. The predicted octanol–water partition coefficient (Wildman–Crippen LogP) is 3.60. The molecule has 0 unspecified atom stereocenters. The van der Waals surface area contributed by atoms with Gasteiger partial charge in [-0.15, -0.1) is 0 Å². The maximum atomic E-state index is 13.3. The van der Waals surface area contributed by atoms with Gasteiger partial charge in [0.1, 0.15) is 10.9 Å². The topological polar surface area (TPSA) is 104 Å². The number of hydrogen-bond acceptors (Lipinski definition) is 5. The van der Waals surface area contributed by atoms with Gasteiger partial charge in [0.15, 0.2) is 0 Å². The second kappa shape index (κ2) is 11.7. The first-order valence-electron chi connectivity index (χ1n) is 11.7. The van der Waals surface area contributed by atoms with Crippen molar-refractivity contribution >= 4 is 39.3 Å². The zero-order valence-electron chi connectivity index (χ0n) is 19.9. The number of halogens is 1. The summed E-state index contributed by atoms with van der Waals surface area (Å²) in [6.45, 7) is 4.29. The SMILES string of the molecule is CCCNC(=O)[C@H](CC)N(Cc1ccccc1Cl)C(=O)CCCN1C(=O)c2ccccc2S1(=O)=O. The van der Waals surface area contributed by atoms with Crippen LogP contribution in [0.15, 0.2) is 53.4 Å². The molecule has 188 valence electrons.